The summed E-state index contributed by atoms with van der Waals surface area (Å²) in [4.78, 5) is 0. The molecule has 0 spiro atoms. The Hall–Kier alpha value is -1.36. The molecule has 0 amide bonds. The van der Waals surface area contributed by atoms with E-state index in [0.717, 1.165) is 49.3 Å². The number of likely N-dealkylation sites (N-methyl/N-ethyl adjacent to an activating group) is 1. The van der Waals surface area contributed by atoms with E-state index in [9.17, 15) is 0 Å². The van der Waals surface area contributed by atoms with Gasteiger partial charge in [0.1, 0.15) is 11.3 Å². The Labute approximate surface area is 125 Å². The van der Waals surface area contributed by atoms with E-state index in [4.69, 9.17) is 13.9 Å². The molecule has 1 aliphatic rings. The van der Waals surface area contributed by atoms with Gasteiger partial charge in [-0.1, -0.05) is 25.1 Å². The zero-order valence-corrected chi connectivity index (χ0v) is 12.5. The highest BCUT2D eigenvalue weighted by atomic mass is 16.5. The monoisotopic (exact) mass is 289 g/mol. The number of fused-ring (bicyclic) bond motifs is 1. The third kappa shape index (κ3) is 3.64. The predicted octanol–water partition coefficient (Wildman–Crippen LogP) is 3.28. The fourth-order valence-electron chi connectivity index (χ4n) is 2.74. The lowest BCUT2D eigenvalue weighted by atomic mass is 10.1. The normalized spacial score (nSPS) is 18.1. The quantitative estimate of drug-likeness (QED) is 0.886. The number of furan rings is 1. The maximum atomic E-state index is 6.05. The molecule has 0 aliphatic carbocycles. The topological polar surface area (TPSA) is 43.6 Å². The lowest BCUT2D eigenvalue weighted by Gasteiger charge is -2.25. The maximum absolute atomic E-state index is 6.05. The standard InChI is InChI=1S/C17H23NO3/c1-2-18-15(12-20-14-7-9-19-10-8-14)17-11-13-5-3-4-6-16(13)21-17/h3-6,11,14-15,18H,2,7-10,12H2,1H3. The summed E-state index contributed by atoms with van der Waals surface area (Å²) in [6.07, 6.45) is 2.28. The zero-order valence-electron chi connectivity index (χ0n) is 12.5. The second-order valence-corrected chi connectivity index (χ2v) is 5.44. The smallest absolute Gasteiger partial charge is 0.134 e. The number of para-hydroxylation sites is 1. The van der Waals surface area contributed by atoms with E-state index in [2.05, 4.69) is 24.4 Å². The van der Waals surface area contributed by atoms with Crippen LogP contribution in [-0.2, 0) is 9.47 Å². The highest BCUT2D eigenvalue weighted by Crippen LogP contribution is 2.25. The van der Waals surface area contributed by atoms with E-state index in [1.54, 1.807) is 0 Å². The van der Waals surface area contributed by atoms with Gasteiger partial charge >= 0.3 is 0 Å². The largest absolute Gasteiger partial charge is 0.459 e. The summed E-state index contributed by atoms with van der Waals surface area (Å²) in [6, 6.07) is 10.3. The minimum atomic E-state index is 0.102. The van der Waals surface area contributed by atoms with Crippen LogP contribution >= 0.6 is 0 Å². The van der Waals surface area contributed by atoms with Crippen molar-refractivity contribution >= 4 is 11.0 Å². The van der Waals surface area contributed by atoms with Crippen molar-refractivity contribution in [1.82, 2.24) is 5.32 Å². The van der Waals surface area contributed by atoms with E-state index in [-0.39, 0.29) is 6.04 Å². The van der Waals surface area contributed by atoms with Gasteiger partial charge in [0, 0.05) is 18.6 Å². The molecule has 1 aromatic carbocycles. The fraction of sp³-hybridized carbons (Fsp3) is 0.529. The number of ether oxygens (including phenoxy) is 2. The second-order valence-electron chi connectivity index (χ2n) is 5.44. The van der Waals surface area contributed by atoms with Crippen molar-refractivity contribution in [2.24, 2.45) is 0 Å². The van der Waals surface area contributed by atoms with Crippen molar-refractivity contribution in [2.75, 3.05) is 26.4 Å². The molecule has 114 valence electrons. The van der Waals surface area contributed by atoms with Gasteiger partial charge in [-0.3, -0.25) is 0 Å². The molecule has 21 heavy (non-hydrogen) atoms. The Bertz CT molecular complexity index is 527. The molecule has 1 unspecified atom stereocenters. The van der Waals surface area contributed by atoms with Gasteiger partial charge in [-0.2, -0.15) is 0 Å². The average molecular weight is 289 g/mol. The Balaban J connectivity index is 1.67. The van der Waals surface area contributed by atoms with Crippen molar-refractivity contribution in [3.05, 3.63) is 36.1 Å². The molecule has 0 saturated carbocycles. The van der Waals surface area contributed by atoms with Crippen LogP contribution in [0.4, 0.5) is 0 Å². The Morgan fingerprint density at radius 2 is 2.10 bits per heavy atom. The van der Waals surface area contributed by atoms with E-state index in [0.29, 0.717) is 12.7 Å². The van der Waals surface area contributed by atoms with Crippen LogP contribution in [0.3, 0.4) is 0 Å². The first kappa shape index (κ1) is 14.6. The first-order valence-electron chi connectivity index (χ1n) is 7.78. The molecule has 2 heterocycles. The van der Waals surface area contributed by atoms with Crippen LogP contribution in [0.15, 0.2) is 34.7 Å². The minimum absolute atomic E-state index is 0.102. The summed E-state index contributed by atoms with van der Waals surface area (Å²) in [6.45, 7) is 5.24. The number of benzene rings is 1. The number of rotatable bonds is 6. The van der Waals surface area contributed by atoms with E-state index < -0.39 is 0 Å². The molecular formula is C17H23NO3. The first-order chi connectivity index (χ1) is 10.4. The number of hydrogen-bond donors (Lipinski definition) is 1. The van der Waals surface area contributed by atoms with E-state index >= 15 is 0 Å². The molecule has 1 atom stereocenters. The Morgan fingerprint density at radius 3 is 2.86 bits per heavy atom. The van der Waals surface area contributed by atoms with Gasteiger partial charge in [-0.25, -0.2) is 0 Å². The van der Waals surface area contributed by atoms with Crippen molar-refractivity contribution in [1.29, 1.82) is 0 Å². The Kier molecular flexibility index (Phi) is 4.91. The molecule has 1 aromatic heterocycles. The van der Waals surface area contributed by atoms with Crippen molar-refractivity contribution < 1.29 is 13.9 Å². The summed E-state index contributed by atoms with van der Waals surface area (Å²) in [7, 11) is 0. The van der Waals surface area contributed by atoms with Crippen LogP contribution in [-0.4, -0.2) is 32.5 Å². The third-order valence-electron chi connectivity index (χ3n) is 3.91. The molecule has 0 bridgehead atoms. The lowest BCUT2D eigenvalue weighted by Crippen LogP contribution is -2.30. The fourth-order valence-corrected chi connectivity index (χ4v) is 2.74. The van der Waals surface area contributed by atoms with Crippen LogP contribution < -0.4 is 5.32 Å². The molecule has 4 nitrogen and oxygen atoms in total. The maximum Gasteiger partial charge on any atom is 0.134 e. The van der Waals surface area contributed by atoms with Gasteiger partial charge in [-0.05, 0) is 31.5 Å². The van der Waals surface area contributed by atoms with Crippen LogP contribution in [0.25, 0.3) is 11.0 Å². The highest BCUT2D eigenvalue weighted by Gasteiger charge is 2.20. The summed E-state index contributed by atoms with van der Waals surface area (Å²) in [5.41, 5.74) is 0.932. The summed E-state index contributed by atoms with van der Waals surface area (Å²) in [5.74, 6) is 0.949. The summed E-state index contributed by atoms with van der Waals surface area (Å²) >= 11 is 0. The molecule has 2 aromatic rings. The molecular weight excluding hydrogens is 266 g/mol. The van der Waals surface area contributed by atoms with Crippen LogP contribution in [0.2, 0.25) is 0 Å². The minimum Gasteiger partial charge on any atom is -0.459 e. The van der Waals surface area contributed by atoms with Crippen molar-refractivity contribution in [3.8, 4) is 0 Å². The molecule has 1 N–H and O–H groups in total. The number of nitrogens with one attached hydrogen (secondary N) is 1. The van der Waals surface area contributed by atoms with Crippen LogP contribution in [0, 0.1) is 0 Å². The average Bonchev–Trinajstić information content (AvgIpc) is 2.96. The van der Waals surface area contributed by atoms with Gasteiger partial charge < -0.3 is 19.2 Å². The van der Waals surface area contributed by atoms with Gasteiger partial charge in [0.25, 0.3) is 0 Å². The SMILES string of the molecule is CCNC(COC1CCOCC1)c1cc2ccccc2o1. The summed E-state index contributed by atoms with van der Waals surface area (Å²) < 4.78 is 17.4. The third-order valence-corrected chi connectivity index (χ3v) is 3.91. The Morgan fingerprint density at radius 1 is 1.29 bits per heavy atom. The van der Waals surface area contributed by atoms with Gasteiger partial charge in [0.15, 0.2) is 0 Å². The second kappa shape index (κ2) is 7.07. The van der Waals surface area contributed by atoms with Gasteiger partial charge in [-0.15, -0.1) is 0 Å². The lowest BCUT2D eigenvalue weighted by molar-refractivity contribution is -0.0395. The zero-order chi connectivity index (χ0) is 14.5. The first-order valence-corrected chi connectivity index (χ1v) is 7.78. The molecule has 0 radical (unpaired) electrons. The van der Waals surface area contributed by atoms with Gasteiger partial charge in [0.2, 0.25) is 0 Å². The van der Waals surface area contributed by atoms with Crippen molar-refractivity contribution in [2.45, 2.75) is 31.9 Å². The molecule has 1 fully saturated rings. The summed E-state index contributed by atoms with van der Waals surface area (Å²) in [5, 5.41) is 4.59. The highest BCUT2D eigenvalue weighted by molar-refractivity contribution is 5.77. The van der Waals surface area contributed by atoms with Crippen molar-refractivity contribution in [3.63, 3.8) is 0 Å². The molecule has 1 saturated heterocycles. The predicted molar refractivity (Wildman–Crippen MR) is 82.4 cm³/mol. The van der Waals surface area contributed by atoms with Gasteiger partial charge in [0.05, 0.1) is 18.8 Å². The number of hydrogen-bond acceptors (Lipinski definition) is 4. The molecule has 1 aliphatic heterocycles. The van der Waals surface area contributed by atoms with Crippen LogP contribution in [0.5, 0.6) is 0 Å². The van der Waals surface area contributed by atoms with E-state index in [1.165, 1.54) is 0 Å². The van der Waals surface area contributed by atoms with Crippen LogP contribution in [0.1, 0.15) is 31.6 Å². The molecule has 3 rings (SSSR count). The van der Waals surface area contributed by atoms with E-state index in [1.807, 2.05) is 18.2 Å². The molecule has 4 heteroatoms.